The number of nitrogens with zero attached hydrogens (tertiary/aromatic N) is 1. The summed E-state index contributed by atoms with van der Waals surface area (Å²) < 4.78 is 27.8. The van der Waals surface area contributed by atoms with E-state index >= 15 is 0 Å². The maximum absolute atomic E-state index is 13.2. The van der Waals surface area contributed by atoms with E-state index in [-0.39, 0.29) is 6.61 Å². The van der Waals surface area contributed by atoms with E-state index in [2.05, 4.69) is 0 Å². The number of benzene rings is 1. The number of halogens is 2. The molecule has 0 bridgehead atoms. The molecule has 0 aliphatic carbocycles. The Bertz CT molecular complexity index is 561. The largest absolute Gasteiger partial charge is 0.392 e. The van der Waals surface area contributed by atoms with Crippen LogP contribution in [0.1, 0.15) is 11.3 Å². The summed E-state index contributed by atoms with van der Waals surface area (Å²) in [5.74, 6) is -1.73. The second kappa shape index (κ2) is 4.30. The van der Waals surface area contributed by atoms with Gasteiger partial charge < -0.3 is 9.67 Å². The zero-order valence-electron chi connectivity index (χ0n) is 9.67. The first-order valence-corrected chi connectivity index (χ1v) is 5.26. The highest BCUT2D eigenvalue weighted by molar-refractivity contribution is 5.62. The molecule has 1 aromatic heterocycles. The van der Waals surface area contributed by atoms with E-state index in [1.807, 2.05) is 18.5 Å². The van der Waals surface area contributed by atoms with Crippen molar-refractivity contribution in [3.05, 3.63) is 47.2 Å². The molecule has 0 atom stereocenters. The molecule has 1 aromatic carbocycles. The fraction of sp³-hybridized carbons (Fsp3) is 0.231. The molecule has 4 heteroatoms. The van der Waals surface area contributed by atoms with Crippen LogP contribution in [-0.4, -0.2) is 9.67 Å². The summed E-state index contributed by atoms with van der Waals surface area (Å²) in [6, 6.07) is 5.56. The lowest BCUT2D eigenvalue weighted by atomic mass is 10.1. The second-order valence-corrected chi connectivity index (χ2v) is 3.99. The molecular formula is C13H13F2NO. The lowest BCUT2D eigenvalue weighted by Gasteiger charge is -2.05. The van der Waals surface area contributed by atoms with Gasteiger partial charge in [0.05, 0.1) is 6.61 Å². The van der Waals surface area contributed by atoms with Gasteiger partial charge in [-0.25, -0.2) is 8.78 Å². The minimum atomic E-state index is -0.869. The van der Waals surface area contributed by atoms with Gasteiger partial charge in [0.2, 0.25) is 0 Å². The Morgan fingerprint density at radius 3 is 2.41 bits per heavy atom. The van der Waals surface area contributed by atoms with Gasteiger partial charge in [-0.1, -0.05) is 0 Å². The van der Waals surface area contributed by atoms with Crippen molar-refractivity contribution >= 4 is 0 Å². The van der Waals surface area contributed by atoms with Crippen LogP contribution in [0.4, 0.5) is 8.78 Å². The highest BCUT2D eigenvalue weighted by atomic mass is 19.2. The quantitative estimate of drug-likeness (QED) is 0.853. The van der Waals surface area contributed by atoms with Crippen LogP contribution >= 0.6 is 0 Å². The van der Waals surface area contributed by atoms with E-state index in [1.165, 1.54) is 6.07 Å². The molecule has 0 aliphatic rings. The van der Waals surface area contributed by atoms with Crippen molar-refractivity contribution in [2.24, 2.45) is 7.05 Å². The Kier molecular flexibility index (Phi) is 2.98. The van der Waals surface area contributed by atoms with E-state index in [0.717, 1.165) is 29.1 Å². The highest BCUT2D eigenvalue weighted by Crippen LogP contribution is 2.26. The smallest absolute Gasteiger partial charge is 0.159 e. The molecule has 0 saturated carbocycles. The van der Waals surface area contributed by atoms with Crippen LogP contribution in [0.5, 0.6) is 0 Å². The average molecular weight is 237 g/mol. The lowest BCUT2D eigenvalue weighted by molar-refractivity contribution is 0.281. The molecule has 0 radical (unpaired) electrons. The van der Waals surface area contributed by atoms with Crippen LogP contribution in [-0.2, 0) is 13.7 Å². The summed E-state index contributed by atoms with van der Waals surface area (Å²) in [7, 11) is 1.82. The predicted molar refractivity (Wildman–Crippen MR) is 61.4 cm³/mol. The number of aliphatic hydroxyl groups excluding tert-OH is 1. The summed E-state index contributed by atoms with van der Waals surface area (Å²) in [6.45, 7) is 1.80. The van der Waals surface area contributed by atoms with Gasteiger partial charge in [0.15, 0.2) is 11.6 Å². The summed E-state index contributed by atoms with van der Waals surface area (Å²) in [6.07, 6.45) is 0. The van der Waals surface area contributed by atoms with Gasteiger partial charge in [0.1, 0.15) is 0 Å². The third-order valence-electron chi connectivity index (χ3n) is 3.03. The molecule has 1 N–H and O–H groups in total. The molecule has 90 valence electrons. The number of hydrogen-bond donors (Lipinski definition) is 1. The predicted octanol–water partition coefficient (Wildman–Crippen LogP) is 2.77. The molecule has 0 saturated heterocycles. The van der Waals surface area contributed by atoms with E-state index < -0.39 is 11.6 Å². The van der Waals surface area contributed by atoms with E-state index in [0.29, 0.717) is 5.56 Å². The van der Waals surface area contributed by atoms with Crippen molar-refractivity contribution in [2.45, 2.75) is 13.5 Å². The minimum absolute atomic E-state index is 0.0661. The second-order valence-electron chi connectivity index (χ2n) is 3.99. The van der Waals surface area contributed by atoms with Crippen molar-refractivity contribution in [1.82, 2.24) is 4.57 Å². The van der Waals surface area contributed by atoms with Gasteiger partial charge in [0, 0.05) is 24.0 Å². The molecule has 2 nitrogen and oxygen atoms in total. The number of hydrogen-bond acceptors (Lipinski definition) is 1. The first kappa shape index (κ1) is 11.8. The Labute approximate surface area is 98.1 Å². The summed E-state index contributed by atoms with van der Waals surface area (Å²) in [5.41, 5.74) is 3.04. The SMILES string of the molecule is Cc1c(CO)cc(-c2ccc(F)c(F)c2)n1C. The molecule has 0 amide bonds. The van der Waals surface area contributed by atoms with Crippen molar-refractivity contribution in [1.29, 1.82) is 0 Å². The minimum Gasteiger partial charge on any atom is -0.392 e. The third-order valence-corrected chi connectivity index (χ3v) is 3.03. The van der Waals surface area contributed by atoms with Crippen LogP contribution in [0.2, 0.25) is 0 Å². The topological polar surface area (TPSA) is 25.2 Å². The number of aromatic nitrogens is 1. The maximum Gasteiger partial charge on any atom is 0.159 e. The van der Waals surface area contributed by atoms with Crippen molar-refractivity contribution in [3.63, 3.8) is 0 Å². The zero-order chi connectivity index (χ0) is 12.6. The third kappa shape index (κ3) is 1.96. The Morgan fingerprint density at radius 1 is 1.18 bits per heavy atom. The van der Waals surface area contributed by atoms with Gasteiger partial charge in [-0.3, -0.25) is 0 Å². The van der Waals surface area contributed by atoms with Crippen LogP contribution in [0.25, 0.3) is 11.3 Å². The molecule has 0 spiro atoms. The number of rotatable bonds is 2. The summed E-state index contributed by atoms with van der Waals surface area (Å²) in [5, 5.41) is 9.15. The van der Waals surface area contributed by atoms with Gasteiger partial charge in [-0.2, -0.15) is 0 Å². The first-order valence-electron chi connectivity index (χ1n) is 5.26. The van der Waals surface area contributed by atoms with Crippen LogP contribution < -0.4 is 0 Å². The van der Waals surface area contributed by atoms with Crippen LogP contribution in [0.15, 0.2) is 24.3 Å². The van der Waals surface area contributed by atoms with Crippen molar-refractivity contribution < 1.29 is 13.9 Å². The summed E-state index contributed by atoms with van der Waals surface area (Å²) >= 11 is 0. The molecule has 0 fully saturated rings. The van der Waals surface area contributed by atoms with Gasteiger partial charge in [-0.15, -0.1) is 0 Å². The molecular weight excluding hydrogens is 224 g/mol. The van der Waals surface area contributed by atoms with E-state index in [4.69, 9.17) is 5.11 Å². The maximum atomic E-state index is 13.2. The van der Waals surface area contributed by atoms with E-state index in [9.17, 15) is 8.78 Å². The van der Waals surface area contributed by atoms with Crippen molar-refractivity contribution in [2.75, 3.05) is 0 Å². The van der Waals surface area contributed by atoms with Gasteiger partial charge in [-0.05, 0) is 36.8 Å². The molecule has 2 aromatic rings. The fourth-order valence-corrected chi connectivity index (χ4v) is 1.85. The van der Waals surface area contributed by atoms with Crippen molar-refractivity contribution in [3.8, 4) is 11.3 Å². The first-order chi connectivity index (χ1) is 8.04. The molecule has 0 unspecified atom stereocenters. The van der Waals surface area contributed by atoms with Crippen LogP contribution in [0, 0.1) is 18.6 Å². The molecule has 1 heterocycles. The average Bonchev–Trinajstić information content (AvgIpc) is 2.60. The Hall–Kier alpha value is -1.68. The summed E-state index contributed by atoms with van der Waals surface area (Å²) in [4.78, 5) is 0. The van der Waals surface area contributed by atoms with E-state index in [1.54, 1.807) is 6.07 Å². The Balaban J connectivity index is 2.56. The molecule has 0 aliphatic heterocycles. The standard InChI is InChI=1S/C13H13F2NO/c1-8-10(7-17)6-13(16(8)2)9-3-4-11(14)12(15)5-9/h3-6,17H,7H2,1-2H3. The fourth-order valence-electron chi connectivity index (χ4n) is 1.85. The number of aliphatic hydroxyl groups is 1. The highest BCUT2D eigenvalue weighted by Gasteiger charge is 2.11. The van der Waals surface area contributed by atoms with Gasteiger partial charge >= 0.3 is 0 Å². The molecule has 17 heavy (non-hydrogen) atoms. The normalized spacial score (nSPS) is 10.9. The molecule has 2 rings (SSSR count). The lowest BCUT2D eigenvalue weighted by Crippen LogP contribution is -1.96. The Morgan fingerprint density at radius 2 is 1.88 bits per heavy atom. The van der Waals surface area contributed by atoms with Crippen LogP contribution in [0.3, 0.4) is 0 Å². The van der Waals surface area contributed by atoms with Gasteiger partial charge in [0.25, 0.3) is 0 Å². The monoisotopic (exact) mass is 237 g/mol. The zero-order valence-corrected chi connectivity index (χ0v) is 9.67.